The van der Waals surface area contributed by atoms with E-state index < -0.39 is 10.8 Å². The molecule has 0 aliphatic carbocycles. The maximum atomic E-state index is 12.3. The minimum absolute atomic E-state index is 0.126. The second-order valence-electron chi connectivity index (χ2n) is 12.0. The van der Waals surface area contributed by atoms with Crippen molar-refractivity contribution in [3.8, 4) is 0 Å². The number of carbonyl (C=O) groups is 2. The van der Waals surface area contributed by atoms with E-state index in [1.165, 1.54) is 14.2 Å². The van der Waals surface area contributed by atoms with Gasteiger partial charge in [-0.25, -0.2) is 0 Å². The molecule has 2 N–H and O–H groups in total. The second kappa shape index (κ2) is 10.4. The highest BCUT2D eigenvalue weighted by Crippen LogP contribution is 2.43. The highest BCUT2D eigenvalue weighted by molar-refractivity contribution is 6.19. The molecule has 0 fully saturated rings. The zero-order valence-electron chi connectivity index (χ0n) is 23.9. The number of methoxy groups -OCH3 is 2. The third kappa shape index (κ3) is 5.43. The zero-order valence-corrected chi connectivity index (χ0v) is 23.9. The summed E-state index contributed by atoms with van der Waals surface area (Å²) >= 11 is 0. The van der Waals surface area contributed by atoms with Crippen molar-refractivity contribution >= 4 is 35.5 Å². The topological polar surface area (TPSA) is 109 Å². The van der Waals surface area contributed by atoms with Crippen LogP contribution in [-0.2, 0) is 19.1 Å². The molecule has 8 bridgehead atoms. The van der Waals surface area contributed by atoms with Crippen molar-refractivity contribution in [1.29, 1.82) is 0 Å². The Morgan fingerprint density at radius 1 is 0.700 bits per heavy atom. The lowest BCUT2D eigenvalue weighted by Crippen LogP contribution is -2.37. The maximum Gasteiger partial charge on any atom is 0.306 e. The van der Waals surface area contributed by atoms with Gasteiger partial charge in [0.25, 0.3) is 0 Å². The number of rotatable bonds is 6. The molecule has 0 spiro atoms. The summed E-state index contributed by atoms with van der Waals surface area (Å²) in [7, 11) is 2.83. The number of aromatic amines is 2. The number of carbonyl (C=O) groups excluding carboxylic acids is 2. The number of hydrogen-bond acceptors (Lipinski definition) is 6. The Morgan fingerprint density at radius 3 is 1.55 bits per heavy atom. The van der Waals surface area contributed by atoms with Crippen molar-refractivity contribution < 1.29 is 19.1 Å². The van der Waals surface area contributed by atoms with E-state index in [1.807, 2.05) is 62.4 Å². The number of esters is 2. The van der Waals surface area contributed by atoms with E-state index in [4.69, 9.17) is 19.5 Å². The van der Waals surface area contributed by atoms with Crippen LogP contribution in [0.5, 0.6) is 0 Å². The fourth-order valence-electron chi connectivity index (χ4n) is 6.01. The SMILES string of the molecule is COC(=O)CC(C)(C)C1C2=N/C(=C\c3ccc([nH]3)C(C(C)(C)CC(=O)OC)c3ccc([nH]3)/C=C3/C=CC1=N3)C=C2. The normalized spacial score (nSPS) is 22.6. The summed E-state index contributed by atoms with van der Waals surface area (Å²) in [5.74, 6) is -0.860. The maximum absolute atomic E-state index is 12.3. The van der Waals surface area contributed by atoms with Crippen molar-refractivity contribution in [2.75, 3.05) is 14.2 Å². The van der Waals surface area contributed by atoms with Crippen molar-refractivity contribution in [2.24, 2.45) is 26.7 Å². The molecule has 40 heavy (non-hydrogen) atoms. The molecule has 0 atom stereocenters. The van der Waals surface area contributed by atoms with Crippen molar-refractivity contribution in [3.63, 3.8) is 0 Å². The molecule has 3 aliphatic heterocycles. The average Bonchev–Trinajstić information content (AvgIpc) is 3.69. The minimum Gasteiger partial charge on any atom is -0.469 e. The van der Waals surface area contributed by atoms with Gasteiger partial charge in [0.05, 0.1) is 49.9 Å². The highest BCUT2D eigenvalue weighted by Gasteiger charge is 2.40. The zero-order chi connectivity index (χ0) is 28.7. The lowest BCUT2D eigenvalue weighted by molar-refractivity contribution is -0.144. The van der Waals surface area contributed by atoms with E-state index in [0.29, 0.717) is 0 Å². The Kier molecular flexibility index (Phi) is 7.12. The fourth-order valence-corrected chi connectivity index (χ4v) is 6.01. The number of ether oxygens (including phenoxy) is 2. The molecule has 8 nitrogen and oxygen atoms in total. The van der Waals surface area contributed by atoms with Gasteiger partial charge in [0.1, 0.15) is 0 Å². The van der Waals surface area contributed by atoms with Gasteiger partial charge in [0.15, 0.2) is 0 Å². The molecule has 2 aromatic heterocycles. The van der Waals surface area contributed by atoms with Gasteiger partial charge < -0.3 is 19.4 Å². The third-order valence-corrected chi connectivity index (χ3v) is 7.87. The van der Waals surface area contributed by atoms with Crippen LogP contribution in [0.25, 0.3) is 12.2 Å². The monoisotopic (exact) mass is 540 g/mol. The predicted octanol–water partition coefficient (Wildman–Crippen LogP) is 5.99. The van der Waals surface area contributed by atoms with E-state index in [0.717, 1.165) is 45.6 Å². The first-order valence-corrected chi connectivity index (χ1v) is 13.5. The van der Waals surface area contributed by atoms with Gasteiger partial charge in [0.2, 0.25) is 0 Å². The molecule has 0 aromatic carbocycles. The number of nitrogens with one attached hydrogen (secondary N) is 2. The Morgan fingerprint density at radius 2 is 1.12 bits per heavy atom. The lowest BCUT2D eigenvalue weighted by atomic mass is 9.71. The van der Waals surface area contributed by atoms with Crippen molar-refractivity contribution in [2.45, 2.75) is 46.5 Å². The summed E-state index contributed by atoms with van der Waals surface area (Å²) in [4.78, 5) is 41.7. The van der Waals surface area contributed by atoms with E-state index in [2.05, 4.69) is 35.9 Å². The molecule has 208 valence electrons. The second-order valence-corrected chi connectivity index (χ2v) is 12.0. The fraction of sp³-hybridized carbons (Fsp3) is 0.375. The lowest BCUT2D eigenvalue weighted by Gasteiger charge is -2.33. The molecule has 0 saturated carbocycles. The van der Waals surface area contributed by atoms with Crippen LogP contribution in [-0.4, -0.2) is 47.5 Å². The first-order chi connectivity index (χ1) is 19.0. The summed E-state index contributed by atoms with van der Waals surface area (Å²) in [5.41, 5.74) is 6.15. The Bertz CT molecular complexity index is 1440. The number of aliphatic imine (C=N–C) groups is 2. The van der Waals surface area contributed by atoms with Crippen LogP contribution >= 0.6 is 0 Å². The smallest absolute Gasteiger partial charge is 0.306 e. The van der Waals surface area contributed by atoms with Gasteiger partial charge >= 0.3 is 11.9 Å². The molecular formula is C32H36N4O4. The van der Waals surface area contributed by atoms with Gasteiger partial charge in [-0.15, -0.1) is 0 Å². The molecule has 5 heterocycles. The largest absolute Gasteiger partial charge is 0.469 e. The molecule has 0 radical (unpaired) electrons. The number of fused-ring (bicyclic) bond motifs is 6. The van der Waals surface area contributed by atoms with Crippen molar-refractivity contribution in [1.82, 2.24) is 9.97 Å². The summed E-state index contributed by atoms with van der Waals surface area (Å²) in [6, 6.07) is 8.19. The quantitative estimate of drug-likeness (QED) is 0.439. The molecular weight excluding hydrogens is 504 g/mol. The van der Waals surface area contributed by atoms with Gasteiger partial charge in [-0.3, -0.25) is 19.6 Å². The molecule has 5 rings (SSSR count). The molecule has 2 aromatic rings. The van der Waals surface area contributed by atoms with Crippen LogP contribution < -0.4 is 0 Å². The van der Waals surface area contributed by atoms with E-state index in [1.54, 1.807) is 0 Å². The van der Waals surface area contributed by atoms with Gasteiger partial charge in [-0.05, 0) is 71.6 Å². The number of hydrogen-bond donors (Lipinski definition) is 2. The predicted molar refractivity (Wildman–Crippen MR) is 157 cm³/mol. The van der Waals surface area contributed by atoms with Gasteiger partial charge in [-0.1, -0.05) is 27.7 Å². The van der Waals surface area contributed by atoms with Crippen LogP contribution in [0.4, 0.5) is 0 Å². The highest BCUT2D eigenvalue weighted by atomic mass is 16.5. The molecule has 0 unspecified atom stereocenters. The Hall–Kier alpha value is -4.20. The average molecular weight is 541 g/mol. The summed E-state index contributed by atoms with van der Waals surface area (Å²) < 4.78 is 10.0. The first-order valence-electron chi connectivity index (χ1n) is 13.5. The molecule has 0 amide bonds. The van der Waals surface area contributed by atoms with Gasteiger partial charge in [-0.2, -0.15) is 0 Å². The summed E-state index contributed by atoms with van der Waals surface area (Å²) in [6.45, 7) is 8.25. The number of H-pyrrole nitrogens is 2. The van der Waals surface area contributed by atoms with Gasteiger partial charge in [0, 0.05) is 34.6 Å². The Labute approximate surface area is 234 Å². The minimum atomic E-state index is -0.493. The van der Waals surface area contributed by atoms with E-state index in [9.17, 15) is 9.59 Å². The standard InChI is InChI=1S/C32H36N4O4/c1-31(2,17-27(37)39-5)29-23-11-7-19(33-23)15-21-9-13-25(35-21)30(32(3,4)18-28(38)40-6)26-14-10-22(36-26)16-20-8-12-24(29)34-20/h7-16,29-30,33-34H,17-18H2,1-6H3/b21-15-,22-16-. The molecule has 0 saturated heterocycles. The van der Waals surface area contributed by atoms with Crippen LogP contribution in [0.15, 0.2) is 69.9 Å². The van der Waals surface area contributed by atoms with Crippen LogP contribution in [0.2, 0.25) is 0 Å². The third-order valence-electron chi connectivity index (χ3n) is 7.87. The Balaban J connectivity index is 1.64. The number of allylic oxidation sites excluding steroid dienone is 4. The van der Waals surface area contributed by atoms with E-state index >= 15 is 0 Å². The summed E-state index contributed by atoms with van der Waals surface area (Å²) in [6.07, 6.45) is 12.5. The van der Waals surface area contributed by atoms with E-state index in [-0.39, 0.29) is 36.6 Å². The number of nitrogens with zero attached hydrogens (tertiary/aromatic N) is 2. The van der Waals surface area contributed by atoms with Crippen LogP contribution in [0.1, 0.15) is 69.2 Å². The van der Waals surface area contributed by atoms with Crippen molar-refractivity contribution in [3.05, 3.63) is 82.7 Å². The first kappa shape index (κ1) is 27.4. The number of aromatic nitrogens is 2. The molecule has 3 aliphatic rings. The van der Waals surface area contributed by atoms with Crippen LogP contribution in [0.3, 0.4) is 0 Å². The van der Waals surface area contributed by atoms with Crippen LogP contribution in [0, 0.1) is 16.7 Å². The summed E-state index contributed by atoms with van der Waals surface area (Å²) in [5, 5.41) is 0. The molecule has 8 heteroatoms.